The van der Waals surface area contributed by atoms with Crippen molar-refractivity contribution < 1.29 is 13.2 Å². The summed E-state index contributed by atoms with van der Waals surface area (Å²) in [5.41, 5.74) is 12.2. The minimum absolute atomic E-state index is 0.297. The summed E-state index contributed by atoms with van der Waals surface area (Å²) in [5.74, 6) is 0. The second-order valence-electron chi connectivity index (χ2n) is 3.85. The predicted octanol–water partition coefficient (Wildman–Crippen LogP) is 2.63. The van der Waals surface area contributed by atoms with E-state index in [9.17, 15) is 13.2 Å². The van der Waals surface area contributed by atoms with Gasteiger partial charge in [0.1, 0.15) is 6.54 Å². The predicted molar refractivity (Wildman–Crippen MR) is 63.8 cm³/mol. The minimum atomic E-state index is -4.23. The first-order chi connectivity index (χ1) is 7.83. The highest BCUT2D eigenvalue weighted by molar-refractivity contribution is 5.69. The van der Waals surface area contributed by atoms with Gasteiger partial charge in [-0.3, -0.25) is 0 Å². The van der Waals surface area contributed by atoms with Gasteiger partial charge in [-0.05, 0) is 24.6 Å². The second kappa shape index (κ2) is 5.16. The molecule has 0 fully saturated rings. The normalized spacial score (nSPS) is 11.5. The van der Waals surface area contributed by atoms with Crippen LogP contribution in [-0.2, 0) is 0 Å². The van der Waals surface area contributed by atoms with Crippen LogP contribution in [0.2, 0.25) is 0 Å². The van der Waals surface area contributed by atoms with Crippen LogP contribution in [-0.4, -0.2) is 19.3 Å². The standard InChI is InChI=1S/C11H16F3N3/c1-2-5-17(7-11(12,13)14)8-3-4-9(15)10(16)6-8/h3-4,6H,2,5,7,15-16H2,1H3. The zero-order valence-electron chi connectivity index (χ0n) is 9.59. The summed E-state index contributed by atoms with van der Waals surface area (Å²) in [7, 11) is 0. The summed E-state index contributed by atoms with van der Waals surface area (Å²) in [6.45, 7) is 1.16. The molecule has 0 aliphatic rings. The Labute approximate surface area is 98.2 Å². The van der Waals surface area contributed by atoms with Crippen LogP contribution in [0, 0.1) is 0 Å². The van der Waals surface area contributed by atoms with E-state index < -0.39 is 12.7 Å². The lowest BCUT2D eigenvalue weighted by atomic mass is 10.2. The van der Waals surface area contributed by atoms with Crippen molar-refractivity contribution >= 4 is 17.1 Å². The van der Waals surface area contributed by atoms with Crippen molar-refractivity contribution in [2.24, 2.45) is 0 Å². The highest BCUT2D eigenvalue weighted by Crippen LogP contribution is 2.26. The Balaban J connectivity index is 2.93. The van der Waals surface area contributed by atoms with Gasteiger partial charge >= 0.3 is 6.18 Å². The monoisotopic (exact) mass is 247 g/mol. The average molecular weight is 247 g/mol. The Morgan fingerprint density at radius 1 is 1.18 bits per heavy atom. The number of halogens is 3. The van der Waals surface area contributed by atoms with Gasteiger partial charge in [-0.25, -0.2) is 0 Å². The van der Waals surface area contributed by atoms with E-state index in [2.05, 4.69) is 0 Å². The lowest BCUT2D eigenvalue weighted by Gasteiger charge is -2.26. The quantitative estimate of drug-likeness (QED) is 0.804. The van der Waals surface area contributed by atoms with Gasteiger partial charge in [-0.15, -0.1) is 0 Å². The van der Waals surface area contributed by atoms with E-state index in [0.717, 1.165) is 0 Å². The van der Waals surface area contributed by atoms with Gasteiger partial charge in [0.2, 0.25) is 0 Å². The molecule has 0 amide bonds. The maximum Gasteiger partial charge on any atom is 0.405 e. The highest BCUT2D eigenvalue weighted by Gasteiger charge is 2.30. The summed E-state index contributed by atoms with van der Waals surface area (Å²) < 4.78 is 37.2. The molecular formula is C11H16F3N3. The third-order valence-electron chi connectivity index (χ3n) is 2.30. The number of rotatable bonds is 4. The molecule has 0 aliphatic carbocycles. The van der Waals surface area contributed by atoms with Crippen LogP contribution < -0.4 is 16.4 Å². The molecule has 96 valence electrons. The van der Waals surface area contributed by atoms with E-state index in [1.165, 1.54) is 17.0 Å². The molecule has 0 radical (unpaired) electrons. The van der Waals surface area contributed by atoms with Crippen molar-refractivity contribution in [3.8, 4) is 0 Å². The minimum Gasteiger partial charge on any atom is -0.397 e. The fourth-order valence-electron chi connectivity index (χ4n) is 1.54. The fourth-order valence-corrected chi connectivity index (χ4v) is 1.54. The molecule has 0 unspecified atom stereocenters. The number of nitrogens with zero attached hydrogens (tertiary/aromatic N) is 1. The molecule has 0 aromatic heterocycles. The topological polar surface area (TPSA) is 55.3 Å². The van der Waals surface area contributed by atoms with Gasteiger partial charge in [0, 0.05) is 12.2 Å². The maximum absolute atomic E-state index is 12.4. The van der Waals surface area contributed by atoms with Crippen molar-refractivity contribution in [1.82, 2.24) is 0 Å². The van der Waals surface area contributed by atoms with Gasteiger partial charge in [0.15, 0.2) is 0 Å². The molecule has 0 spiro atoms. The van der Waals surface area contributed by atoms with E-state index in [-0.39, 0.29) is 0 Å². The second-order valence-corrected chi connectivity index (χ2v) is 3.85. The fraction of sp³-hybridized carbons (Fsp3) is 0.455. The van der Waals surface area contributed by atoms with Crippen molar-refractivity contribution in [3.63, 3.8) is 0 Å². The van der Waals surface area contributed by atoms with Crippen molar-refractivity contribution in [1.29, 1.82) is 0 Å². The van der Waals surface area contributed by atoms with Gasteiger partial charge in [-0.2, -0.15) is 13.2 Å². The first-order valence-electron chi connectivity index (χ1n) is 5.30. The van der Waals surface area contributed by atoms with E-state index in [0.29, 0.717) is 30.0 Å². The average Bonchev–Trinajstić information content (AvgIpc) is 2.19. The molecule has 0 saturated heterocycles. The molecule has 1 rings (SSSR count). The molecule has 0 aliphatic heterocycles. The van der Waals surface area contributed by atoms with Gasteiger partial charge in [0.05, 0.1) is 11.4 Å². The molecule has 0 bridgehead atoms. The zero-order valence-corrected chi connectivity index (χ0v) is 9.59. The van der Waals surface area contributed by atoms with Crippen LogP contribution in [0.3, 0.4) is 0 Å². The number of nitrogen functional groups attached to an aromatic ring is 2. The number of hydrogen-bond acceptors (Lipinski definition) is 3. The Morgan fingerprint density at radius 2 is 1.82 bits per heavy atom. The van der Waals surface area contributed by atoms with Crippen molar-refractivity contribution in [2.75, 3.05) is 29.5 Å². The Kier molecular flexibility index (Phi) is 4.09. The van der Waals surface area contributed by atoms with E-state index >= 15 is 0 Å². The highest BCUT2D eigenvalue weighted by atomic mass is 19.4. The third-order valence-corrected chi connectivity index (χ3v) is 2.30. The third kappa shape index (κ3) is 4.05. The molecule has 4 N–H and O–H groups in total. The van der Waals surface area contributed by atoms with E-state index in [4.69, 9.17) is 11.5 Å². The van der Waals surface area contributed by atoms with E-state index in [1.807, 2.05) is 6.92 Å². The summed E-state index contributed by atoms with van der Waals surface area (Å²) in [6, 6.07) is 4.54. The van der Waals surface area contributed by atoms with Gasteiger partial charge in [-0.1, -0.05) is 6.92 Å². The van der Waals surface area contributed by atoms with Crippen LogP contribution in [0.25, 0.3) is 0 Å². The molecule has 17 heavy (non-hydrogen) atoms. The number of nitrogens with two attached hydrogens (primary N) is 2. The van der Waals surface area contributed by atoms with E-state index in [1.54, 1.807) is 6.07 Å². The summed E-state index contributed by atoms with van der Waals surface area (Å²) >= 11 is 0. The number of hydrogen-bond donors (Lipinski definition) is 2. The first-order valence-corrected chi connectivity index (χ1v) is 5.30. The smallest absolute Gasteiger partial charge is 0.397 e. The summed E-state index contributed by atoms with van der Waals surface area (Å²) in [6.07, 6.45) is -3.61. The van der Waals surface area contributed by atoms with Crippen LogP contribution in [0.5, 0.6) is 0 Å². The molecule has 1 aromatic carbocycles. The summed E-state index contributed by atoms with van der Waals surface area (Å²) in [4.78, 5) is 1.25. The summed E-state index contributed by atoms with van der Waals surface area (Å²) in [5, 5.41) is 0. The van der Waals surface area contributed by atoms with Gasteiger partial charge in [0.25, 0.3) is 0 Å². The molecule has 0 atom stereocenters. The lowest BCUT2D eigenvalue weighted by Crippen LogP contribution is -2.34. The zero-order chi connectivity index (χ0) is 13.1. The van der Waals surface area contributed by atoms with Crippen LogP contribution in [0.1, 0.15) is 13.3 Å². The molecule has 0 heterocycles. The molecule has 6 heteroatoms. The lowest BCUT2D eigenvalue weighted by molar-refractivity contribution is -0.119. The number of anilines is 3. The van der Waals surface area contributed by atoms with Crippen molar-refractivity contribution in [3.05, 3.63) is 18.2 Å². The van der Waals surface area contributed by atoms with Crippen molar-refractivity contribution in [2.45, 2.75) is 19.5 Å². The SMILES string of the molecule is CCCN(CC(F)(F)F)c1ccc(N)c(N)c1. The molecule has 0 saturated carbocycles. The van der Waals surface area contributed by atoms with Gasteiger partial charge < -0.3 is 16.4 Å². The Morgan fingerprint density at radius 3 is 2.29 bits per heavy atom. The first kappa shape index (κ1) is 13.5. The van der Waals surface area contributed by atoms with Crippen LogP contribution in [0.15, 0.2) is 18.2 Å². The number of benzene rings is 1. The number of alkyl halides is 3. The molecule has 1 aromatic rings. The Bertz CT molecular complexity index is 377. The van der Waals surface area contributed by atoms with Crippen LogP contribution in [0.4, 0.5) is 30.2 Å². The van der Waals surface area contributed by atoms with Crippen LogP contribution >= 0.6 is 0 Å². The molecule has 3 nitrogen and oxygen atoms in total. The maximum atomic E-state index is 12.4. The Hall–Kier alpha value is -1.59. The largest absolute Gasteiger partial charge is 0.405 e. The molecular weight excluding hydrogens is 231 g/mol.